The molecule has 1 aromatic carbocycles. The molecular weight excluding hydrogens is 400 g/mol. The standard InChI is InChI=1S/C21H20N6O2S/c1-2-19(28)24-15-5-3-14(4-6-15)20(29)27-10-8-16(12-27)25-21-23-9-7-17(26-21)18-11-22-13-30-18/h2-7,9,11,13,16H,1,8,10,12H2,(H,24,28)(H,23,25,26). The summed E-state index contributed by atoms with van der Waals surface area (Å²) in [6, 6.07) is 8.77. The predicted octanol–water partition coefficient (Wildman–Crippen LogP) is 3.05. The van der Waals surface area contributed by atoms with Crippen molar-refractivity contribution in [3.8, 4) is 10.6 Å². The molecule has 1 saturated heterocycles. The molecule has 1 aliphatic rings. The van der Waals surface area contributed by atoms with Gasteiger partial charge in [-0.15, -0.1) is 11.3 Å². The number of carbonyl (C=O) groups is 2. The van der Waals surface area contributed by atoms with E-state index in [0.29, 0.717) is 30.3 Å². The van der Waals surface area contributed by atoms with Gasteiger partial charge in [0.25, 0.3) is 5.91 Å². The van der Waals surface area contributed by atoms with Crippen molar-refractivity contribution in [2.75, 3.05) is 23.7 Å². The smallest absolute Gasteiger partial charge is 0.253 e. The number of hydrogen-bond acceptors (Lipinski definition) is 7. The molecule has 1 fully saturated rings. The highest BCUT2D eigenvalue weighted by atomic mass is 32.1. The first-order valence-corrected chi connectivity index (χ1v) is 10.3. The van der Waals surface area contributed by atoms with Gasteiger partial charge < -0.3 is 15.5 Å². The number of nitrogens with zero attached hydrogens (tertiary/aromatic N) is 4. The van der Waals surface area contributed by atoms with Gasteiger partial charge in [0.15, 0.2) is 0 Å². The van der Waals surface area contributed by atoms with Crippen molar-refractivity contribution in [3.05, 3.63) is 66.5 Å². The number of nitrogens with one attached hydrogen (secondary N) is 2. The van der Waals surface area contributed by atoms with E-state index in [4.69, 9.17) is 0 Å². The molecule has 8 nitrogen and oxygen atoms in total. The van der Waals surface area contributed by atoms with Gasteiger partial charge in [-0.05, 0) is 42.8 Å². The van der Waals surface area contributed by atoms with Crippen LogP contribution >= 0.6 is 11.3 Å². The molecule has 0 aliphatic carbocycles. The van der Waals surface area contributed by atoms with E-state index < -0.39 is 0 Å². The maximum atomic E-state index is 12.8. The molecule has 2 aromatic heterocycles. The van der Waals surface area contributed by atoms with Crippen LogP contribution in [0.5, 0.6) is 0 Å². The first kappa shape index (κ1) is 19.7. The van der Waals surface area contributed by atoms with Crippen LogP contribution in [0.1, 0.15) is 16.8 Å². The van der Waals surface area contributed by atoms with Crippen molar-refractivity contribution in [1.82, 2.24) is 19.9 Å². The Morgan fingerprint density at radius 2 is 2.07 bits per heavy atom. The normalized spacial score (nSPS) is 15.6. The van der Waals surface area contributed by atoms with Gasteiger partial charge in [0.05, 0.1) is 16.1 Å². The Bertz CT molecular complexity index is 1050. The molecule has 1 aliphatic heterocycles. The van der Waals surface area contributed by atoms with Crippen LogP contribution in [-0.4, -0.2) is 50.8 Å². The Morgan fingerprint density at radius 3 is 2.80 bits per heavy atom. The summed E-state index contributed by atoms with van der Waals surface area (Å²) in [6.45, 7) is 4.64. The van der Waals surface area contributed by atoms with Crippen molar-refractivity contribution in [2.45, 2.75) is 12.5 Å². The molecule has 0 saturated carbocycles. The summed E-state index contributed by atoms with van der Waals surface area (Å²) in [4.78, 5) is 39.9. The fourth-order valence-corrected chi connectivity index (χ4v) is 3.82. The maximum absolute atomic E-state index is 12.8. The van der Waals surface area contributed by atoms with Crippen LogP contribution in [0, 0.1) is 0 Å². The van der Waals surface area contributed by atoms with Crippen LogP contribution in [0.2, 0.25) is 0 Å². The van der Waals surface area contributed by atoms with Crippen LogP contribution in [0.25, 0.3) is 10.6 Å². The van der Waals surface area contributed by atoms with E-state index in [1.54, 1.807) is 42.2 Å². The van der Waals surface area contributed by atoms with Gasteiger partial charge in [-0.3, -0.25) is 14.6 Å². The van der Waals surface area contributed by atoms with Crippen LogP contribution in [-0.2, 0) is 4.79 Å². The molecule has 2 amide bonds. The van der Waals surface area contributed by atoms with Crippen LogP contribution in [0.15, 0.2) is 60.9 Å². The lowest BCUT2D eigenvalue weighted by Crippen LogP contribution is -2.31. The zero-order valence-electron chi connectivity index (χ0n) is 16.1. The molecule has 1 atom stereocenters. The zero-order chi connectivity index (χ0) is 20.9. The van der Waals surface area contributed by atoms with E-state index in [2.05, 4.69) is 32.2 Å². The van der Waals surface area contributed by atoms with Gasteiger partial charge >= 0.3 is 0 Å². The third-order valence-corrected chi connectivity index (χ3v) is 5.53. The molecule has 0 spiro atoms. The van der Waals surface area contributed by atoms with Gasteiger partial charge in [-0.2, -0.15) is 0 Å². The fraction of sp³-hybridized carbons (Fsp3) is 0.190. The topological polar surface area (TPSA) is 100 Å². The molecule has 30 heavy (non-hydrogen) atoms. The maximum Gasteiger partial charge on any atom is 0.253 e. The molecule has 0 bridgehead atoms. The number of carbonyl (C=O) groups excluding carboxylic acids is 2. The summed E-state index contributed by atoms with van der Waals surface area (Å²) in [5, 5.41) is 6.00. The number of thiazole rings is 1. The average Bonchev–Trinajstić information content (AvgIpc) is 3.46. The lowest BCUT2D eigenvalue weighted by atomic mass is 10.2. The minimum absolute atomic E-state index is 0.0415. The van der Waals surface area contributed by atoms with Crippen molar-refractivity contribution < 1.29 is 9.59 Å². The summed E-state index contributed by atoms with van der Waals surface area (Å²) < 4.78 is 0. The highest BCUT2D eigenvalue weighted by molar-refractivity contribution is 7.13. The molecule has 2 N–H and O–H groups in total. The molecule has 4 rings (SSSR count). The van der Waals surface area contributed by atoms with Crippen molar-refractivity contribution in [3.63, 3.8) is 0 Å². The number of anilines is 2. The molecule has 1 unspecified atom stereocenters. The van der Waals surface area contributed by atoms with Crippen LogP contribution in [0.3, 0.4) is 0 Å². The molecule has 152 valence electrons. The second-order valence-electron chi connectivity index (χ2n) is 6.78. The van der Waals surface area contributed by atoms with Crippen molar-refractivity contribution in [2.24, 2.45) is 0 Å². The summed E-state index contributed by atoms with van der Waals surface area (Å²) in [7, 11) is 0. The number of amides is 2. The minimum Gasteiger partial charge on any atom is -0.350 e. The van der Waals surface area contributed by atoms with Gasteiger partial charge in [-0.25, -0.2) is 9.97 Å². The summed E-state index contributed by atoms with van der Waals surface area (Å²) in [5.74, 6) is 0.215. The number of likely N-dealkylation sites (tertiary alicyclic amines) is 1. The lowest BCUT2D eigenvalue weighted by Gasteiger charge is -2.17. The minimum atomic E-state index is -0.288. The zero-order valence-corrected chi connectivity index (χ0v) is 16.9. The molecular formula is C21H20N6O2S. The van der Waals surface area contributed by atoms with Crippen molar-refractivity contribution in [1.29, 1.82) is 0 Å². The van der Waals surface area contributed by atoms with Gasteiger partial charge in [0, 0.05) is 42.8 Å². The van der Waals surface area contributed by atoms with E-state index in [0.717, 1.165) is 17.0 Å². The lowest BCUT2D eigenvalue weighted by molar-refractivity contribution is -0.111. The third-order valence-electron chi connectivity index (χ3n) is 4.73. The van der Waals surface area contributed by atoms with E-state index in [1.165, 1.54) is 17.4 Å². The number of aromatic nitrogens is 3. The first-order chi connectivity index (χ1) is 14.6. The van der Waals surface area contributed by atoms with E-state index in [9.17, 15) is 9.59 Å². The Morgan fingerprint density at radius 1 is 1.23 bits per heavy atom. The quantitative estimate of drug-likeness (QED) is 0.595. The Balaban J connectivity index is 1.36. The number of rotatable bonds is 6. The molecule has 3 aromatic rings. The van der Waals surface area contributed by atoms with Crippen molar-refractivity contribution >= 4 is 34.8 Å². The third kappa shape index (κ3) is 4.52. The van der Waals surface area contributed by atoms with E-state index >= 15 is 0 Å². The van der Waals surface area contributed by atoms with E-state index in [-0.39, 0.29) is 17.9 Å². The second kappa shape index (κ2) is 8.83. The highest BCUT2D eigenvalue weighted by Gasteiger charge is 2.27. The number of hydrogen-bond donors (Lipinski definition) is 2. The van der Waals surface area contributed by atoms with Gasteiger partial charge in [0.2, 0.25) is 11.9 Å². The Kier molecular flexibility index (Phi) is 5.80. The summed E-state index contributed by atoms with van der Waals surface area (Å²) in [6.07, 6.45) is 5.51. The summed E-state index contributed by atoms with van der Waals surface area (Å²) in [5.41, 5.74) is 3.79. The fourth-order valence-electron chi connectivity index (χ4n) is 3.22. The largest absolute Gasteiger partial charge is 0.350 e. The Hall–Kier alpha value is -3.59. The second-order valence-corrected chi connectivity index (χ2v) is 7.67. The van der Waals surface area contributed by atoms with E-state index in [1.807, 2.05) is 11.0 Å². The van der Waals surface area contributed by atoms with Gasteiger partial charge in [-0.1, -0.05) is 6.58 Å². The number of benzene rings is 1. The SMILES string of the molecule is C=CC(=O)Nc1ccc(C(=O)N2CCC(Nc3nccc(-c4cncs4)n3)C2)cc1. The summed E-state index contributed by atoms with van der Waals surface area (Å²) >= 11 is 1.52. The van der Waals surface area contributed by atoms with Crippen LogP contribution in [0.4, 0.5) is 11.6 Å². The highest BCUT2D eigenvalue weighted by Crippen LogP contribution is 2.22. The molecule has 3 heterocycles. The average molecular weight is 420 g/mol. The predicted molar refractivity (Wildman–Crippen MR) is 116 cm³/mol. The monoisotopic (exact) mass is 420 g/mol. The Labute approximate surface area is 177 Å². The molecule has 0 radical (unpaired) electrons. The molecule has 9 heteroatoms. The van der Waals surface area contributed by atoms with Gasteiger partial charge in [0.1, 0.15) is 0 Å². The first-order valence-electron chi connectivity index (χ1n) is 9.43. The van der Waals surface area contributed by atoms with Crippen LogP contribution < -0.4 is 10.6 Å².